The highest BCUT2D eigenvalue weighted by Crippen LogP contribution is 2.17. The van der Waals surface area contributed by atoms with Gasteiger partial charge in [-0.1, -0.05) is 24.3 Å². The van der Waals surface area contributed by atoms with Crippen molar-refractivity contribution in [2.75, 3.05) is 20.2 Å². The molecule has 0 bridgehead atoms. The lowest BCUT2D eigenvalue weighted by Crippen LogP contribution is -2.34. The van der Waals surface area contributed by atoms with Gasteiger partial charge in [-0.25, -0.2) is 0 Å². The number of thiophene rings is 1. The van der Waals surface area contributed by atoms with E-state index in [2.05, 4.69) is 36.4 Å². The molecule has 2 rings (SSSR count). The normalized spacial score (nSPS) is 12.6. The number of hydrogen-bond donors (Lipinski definition) is 1. The van der Waals surface area contributed by atoms with Crippen molar-refractivity contribution >= 4 is 11.3 Å². The van der Waals surface area contributed by atoms with E-state index in [1.54, 1.807) is 0 Å². The van der Waals surface area contributed by atoms with Gasteiger partial charge >= 0.3 is 0 Å². The smallest absolute Gasteiger partial charge is 0.123 e. The summed E-state index contributed by atoms with van der Waals surface area (Å²) in [5, 5.41) is 2.13. The summed E-state index contributed by atoms with van der Waals surface area (Å²) in [6, 6.07) is 12.8. The van der Waals surface area contributed by atoms with Crippen LogP contribution in [-0.4, -0.2) is 31.1 Å². The first-order valence-electron chi connectivity index (χ1n) is 7.34. The molecule has 0 aliphatic carbocycles. The highest BCUT2D eigenvalue weighted by molar-refractivity contribution is 7.09. The second-order valence-electron chi connectivity index (χ2n) is 5.27. The third-order valence-corrected chi connectivity index (χ3v) is 4.62. The largest absolute Gasteiger partial charge is 0.492 e. The van der Waals surface area contributed by atoms with Crippen LogP contribution in [0.4, 0.5) is 0 Å². The SMILES string of the molecule is CC(Cc1cccs1)N(C)CCOc1ccccc1CN. The summed E-state index contributed by atoms with van der Waals surface area (Å²) in [5.41, 5.74) is 6.78. The van der Waals surface area contributed by atoms with Crippen LogP contribution in [0.5, 0.6) is 5.75 Å². The Hall–Kier alpha value is -1.36. The third-order valence-electron chi connectivity index (χ3n) is 3.72. The van der Waals surface area contributed by atoms with E-state index in [1.165, 1.54) is 4.88 Å². The molecule has 1 unspecified atom stereocenters. The van der Waals surface area contributed by atoms with Gasteiger partial charge in [0.25, 0.3) is 0 Å². The van der Waals surface area contributed by atoms with Crippen LogP contribution >= 0.6 is 11.3 Å². The van der Waals surface area contributed by atoms with Crippen LogP contribution in [-0.2, 0) is 13.0 Å². The van der Waals surface area contributed by atoms with Crippen LogP contribution in [0.1, 0.15) is 17.4 Å². The summed E-state index contributed by atoms with van der Waals surface area (Å²) in [4.78, 5) is 3.77. The van der Waals surface area contributed by atoms with Gasteiger partial charge in [0.05, 0.1) is 0 Å². The fourth-order valence-electron chi connectivity index (χ4n) is 2.21. The maximum absolute atomic E-state index is 5.86. The predicted octanol–water partition coefficient (Wildman–Crippen LogP) is 3.15. The quantitative estimate of drug-likeness (QED) is 0.814. The molecule has 0 spiro atoms. The summed E-state index contributed by atoms with van der Waals surface area (Å²) in [7, 11) is 2.15. The maximum atomic E-state index is 5.86. The molecule has 1 heterocycles. The molecule has 0 radical (unpaired) electrons. The van der Waals surface area contributed by atoms with Gasteiger partial charge in [0.15, 0.2) is 0 Å². The number of nitrogens with zero attached hydrogens (tertiary/aromatic N) is 1. The fourth-order valence-corrected chi connectivity index (χ4v) is 3.04. The minimum absolute atomic E-state index is 0.511. The minimum Gasteiger partial charge on any atom is -0.492 e. The topological polar surface area (TPSA) is 38.5 Å². The Bertz CT molecular complexity index is 527. The van der Waals surface area contributed by atoms with E-state index >= 15 is 0 Å². The van der Waals surface area contributed by atoms with Gasteiger partial charge in [-0.05, 0) is 37.9 Å². The molecule has 21 heavy (non-hydrogen) atoms. The molecular formula is C17H24N2OS. The van der Waals surface area contributed by atoms with Crippen molar-refractivity contribution in [2.45, 2.75) is 25.9 Å². The van der Waals surface area contributed by atoms with Crippen molar-refractivity contribution in [1.82, 2.24) is 4.90 Å². The molecule has 0 saturated heterocycles. The lowest BCUT2D eigenvalue weighted by molar-refractivity contribution is 0.198. The van der Waals surface area contributed by atoms with Crippen molar-refractivity contribution in [3.05, 3.63) is 52.2 Å². The Morgan fingerprint density at radius 3 is 2.76 bits per heavy atom. The Morgan fingerprint density at radius 1 is 1.24 bits per heavy atom. The number of rotatable bonds is 8. The third kappa shape index (κ3) is 4.84. The summed E-state index contributed by atoms with van der Waals surface area (Å²) >= 11 is 1.82. The van der Waals surface area contributed by atoms with Crippen LogP contribution in [0.25, 0.3) is 0 Å². The Labute approximate surface area is 131 Å². The van der Waals surface area contributed by atoms with Crippen molar-refractivity contribution in [1.29, 1.82) is 0 Å². The van der Waals surface area contributed by atoms with E-state index in [4.69, 9.17) is 10.5 Å². The van der Waals surface area contributed by atoms with Crippen molar-refractivity contribution in [3.8, 4) is 5.75 Å². The number of benzene rings is 1. The first kappa shape index (κ1) is 16.0. The second kappa shape index (κ2) is 8.17. The highest BCUT2D eigenvalue weighted by Gasteiger charge is 2.11. The fraction of sp³-hybridized carbons (Fsp3) is 0.412. The minimum atomic E-state index is 0.511. The molecule has 3 nitrogen and oxygen atoms in total. The van der Waals surface area contributed by atoms with E-state index in [0.29, 0.717) is 19.2 Å². The van der Waals surface area contributed by atoms with E-state index in [-0.39, 0.29) is 0 Å². The zero-order chi connectivity index (χ0) is 15.1. The van der Waals surface area contributed by atoms with Crippen LogP contribution < -0.4 is 10.5 Å². The molecule has 0 aliphatic heterocycles. The molecule has 1 aromatic carbocycles. The summed E-state index contributed by atoms with van der Waals surface area (Å²) in [5.74, 6) is 0.902. The van der Waals surface area contributed by atoms with Crippen molar-refractivity contribution in [3.63, 3.8) is 0 Å². The lowest BCUT2D eigenvalue weighted by Gasteiger charge is -2.24. The van der Waals surface area contributed by atoms with E-state index < -0.39 is 0 Å². The molecule has 0 amide bonds. The summed E-state index contributed by atoms with van der Waals surface area (Å²) in [6.45, 7) is 4.36. The number of para-hydroxylation sites is 1. The van der Waals surface area contributed by atoms with Crippen molar-refractivity contribution < 1.29 is 4.74 Å². The summed E-state index contributed by atoms with van der Waals surface area (Å²) < 4.78 is 5.86. The zero-order valence-corrected chi connectivity index (χ0v) is 13.6. The molecule has 0 aliphatic rings. The Morgan fingerprint density at radius 2 is 2.05 bits per heavy atom. The molecule has 1 aromatic heterocycles. The van der Waals surface area contributed by atoms with Crippen LogP contribution in [0.15, 0.2) is 41.8 Å². The molecular weight excluding hydrogens is 280 g/mol. The van der Waals surface area contributed by atoms with Gasteiger partial charge < -0.3 is 10.5 Å². The Kier molecular flexibility index (Phi) is 6.23. The van der Waals surface area contributed by atoms with Gasteiger partial charge in [0.2, 0.25) is 0 Å². The number of likely N-dealkylation sites (N-methyl/N-ethyl adjacent to an activating group) is 1. The number of nitrogens with two attached hydrogens (primary N) is 1. The van der Waals surface area contributed by atoms with Crippen molar-refractivity contribution in [2.24, 2.45) is 5.73 Å². The average molecular weight is 304 g/mol. The van der Waals surface area contributed by atoms with Crippen LogP contribution in [0.3, 0.4) is 0 Å². The molecule has 1 atom stereocenters. The average Bonchev–Trinajstić information content (AvgIpc) is 3.00. The first-order chi connectivity index (χ1) is 10.2. The second-order valence-corrected chi connectivity index (χ2v) is 6.31. The lowest BCUT2D eigenvalue weighted by atomic mass is 10.2. The highest BCUT2D eigenvalue weighted by atomic mass is 32.1. The molecule has 114 valence electrons. The predicted molar refractivity (Wildman–Crippen MR) is 89.9 cm³/mol. The van der Waals surface area contributed by atoms with E-state index in [1.807, 2.05) is 35.6 Å². The van der Waals surface area contributed by atoms with Gasteiger partial charge in [-0.2, -0.15) is 0 Å². The van der Waals surface area contributed by atoms with Crippen LogP contribution in [0.2, 0.25) is 0 Å². The summed E-state index contributed by atoms with van der Waals surface area (Å²) in [6.07, 6.45) is 1.09. The monoisotopic (exact) mass is 304 g/mol. The zero-order valence-electron chi connectivity index (χ0n) is 12.8. The molecule has 0 fully saturated rings. The van der Waals surface area contributed by atoms with Gasteiger partial charge in [-0.15, -0.1) is 11.3 Å². The maximum Gasteiger partial charge on any atom is 0.123 e. The van der Waals surface area contributed by atoms with Gasteiger partial charge in [0, 0.05) is 29.6 Å². The molecule has 2 aromatic rings. The standard InChI is InChI=1S/C17H24N2OS/c1-14(12-16-7-5-11-21-16)19(2)9-10-20-17-8-4-3-6-15(17)13-18/h3-8,11,14H,9-10,12-13,18H2,1-2H3. The number of hydrogen-bond acceptors (Lipinski definition) is 4. The molecule has 0 saturated carbocycles. The van der Waals surface area contributed by atoms with Gasteiger partial charge in [0.1, 0.15) is 12.4 Å². The molecule has 4 heteroatoms. The first-order valence-corrected chi connectivity index (χ1v) is 8.22. The number of ether oxygens (including phenoxy) is 1. The van der Waals surface area contributed by atoms with Gasteiger partial charge in [-0.3, -0.25) is 4.90 Å². The molecule has 2 N–H and O–H groups in total. The Balaban J connectivity index is 1.77. The van der Waals surface area contributed by atoms with E-state index in [0.717, 1.165) is 24.3 Å². The van der Waals surface area contributed by atoms with E-state index in [9.17, 15) is 0 Å². The van der Waals surface area contributed by atoms with Crippen LogP contribution in [0, 0.1) is 0 Å².